The quantitative estimate of drug-likeness (QED) is 0.895. The van der Waals surface area contributed by atoms with Crippen molar-refractivity contribution in [1.29, 1.82) is 0 Å². The Morgan fingerprint density at radius 1 is 1.17 bits per heavy atom. The van der Waals surface area contributed by atoms with Crippen LogP contribution < -0.4 is 5.73 Å². The van der Waals surface area contributed by atoms with Gasteiger partial charge in [-0.15, -0.1) is 11.3 Å². The summed E-state index contributed by atoms with van der Waals surface area (Å²) in [6, 6.07) is 8.48. The molecule has 0 spiro atoms. The van der Waals surface area contributed by atoms with E-state index >= 15 is 0 Å². The van der Waals surface area contributed by atoms with Gasteiger partial charge >= 0.3 is 0 Å². The summed E-state index contributed by atoms with van der Waals surface area (Å²) >= 11 is 1.76. The summed E-state index contributed by atoms with van der Waals surface area (Å²) in [6.07, 6.45) is 2.00. The average molecular weight is 260 g/mol. The first kappa shape index (κ1) is 13.2. The minimum absolute atomic E-state index is 0.607. The molecular formula is C15H20N2S. The van der Waals surface area contributed by atoms with Crippen LogP contribution in [0.3, 0.4) is 0 Å². The number of nitrogens with zero attached hydrogens (tertiary/aromatic N) is 1. The number of thiazole rings is 1. The van der Waals surface area contributed by atoms with Crippen LogP contribution in [0.4, 0.5) is 0 Å². The second-order valence-corrected chi connectivity index (χ2v) is 5.97. The molecule has 18 heavy (non-hydrogen) atoms. The minimum atomic E-state index is 0.607. The van der Waals surface area contributed by atoms with Crippen molar-refractivity contribution in [3.63, 3.8) is 0 Å². The molecule has 0 aliphatic rings. The molecule has 0 saturated carbocycles. The van der Waals surface area contributed by atoms with Crippen molar-refractivity contribution in [3.8, 4) is 0 Å². The average Bonchev–Trinajstić information content (AvgIpc) is 2.76. The molecule has 2 N–H and O–H groups in total. The van der Waals surface area contributed by atoms with Gasteiger partial charge in [-0.3, -0.25) is 0 Å². The van der Waals surface area contributed by atoms with Crippen LogP contribution in [-0.4, -0.2) is 4.98 Å². The summed E-state index contributed by atoms with van der Waals surface area (Å²) in [4.78, 5) is 4.68. The van der Waals surface area contributed by atoms with Gasteiger partial charge in [0.25, 0.3) is 0 Å². The Morgan fingerprint density at radius 3 is 2.44 bits per heavy atom. The molecule has 1 aromatic carbocycles. The Labute approximate surface area is 113 Å². The fourth-order valence-corrected chi connectivity index (χ4v) is 2.75. The molecule has 0 aliphatic heterocycles. The van der Waals surface area contributed by atoms with Gasteiger partial charge in [-0.05, 0) is 23.5 Å². The number of hydrogen-bond donors (Lipinski definition) is 1. The van der Waals surface area contributed by atoms with Crippen molar-refractivity contribution in [2.24, 2.45) is 11.7 Å². The number of nitrogens with two attached hydrogens (primary N) is 1. The molecule has 2 aromatic rings. The molecule has 2 nitrogen and oxygen atoms in total. The normalized spacial score (nSPS) is 11.1. The van der Waals surface area contributed by atoms with E-state index in [1.165, 1.54) is 21.8 Å². The predicted octanol–water partition coefficient (Wildman–Crippen LogP) is 3.39. The number of benzene rings is 1. The number of aromatic nitrogens is 1. The summed E-state index contributed by atoms with van der Waals surface area (Å²) in [6.45, 7) is 5.06. The van der Waals surface area contributed by atoms with Gasteiger partial charge in [0.2, 0.25) is 0 Å². The smallest absolute Gasteiger partial charge is 0.0972 e. The van der Waals surface area contributed by atoms with Crippen molar-refractivity contribution >= 4 is 11.3 Å². The molecule has 1 aromatic heterocycles. The first-order chi connectivity index (χ1) is 8.67. The van der Waals surface area contributed by atoms with Crippen molar-refractivity contribution in [2.45, 2.75) is 33.2 Å². The monoisotopic (exact) mass is 260 g/mol. The maximum absolute atomic E-state index is 5.59. The third kappa shape index (κ3) is 3.65. The summed E-state index contributed by atoms with van der Waals surface area (Å²) in [7, 11) is 0. The third-order valence-electron chi connectivity index (χ3n) is 2.83. The van der Waals surface area contributed by atoms with E-state index in [9.17, 15) is 0 Å². The summed E-state index contributed by atoms with van der Waals surface area (Å²) in [5.74, 6) is 0.670. The molecule has 2 rings (SSSR count). The second-order valence-electron chi connectivity index (χ2n) is 5.03. The van der Waals surface area contributed by atoms with E-state index in [1.54, 1.807) is 11.3 Å². The highest BCUT2D eigenvalue weighted by Gasteiger charge is 2.05. The molecule has 0 fully saturated rings. The Morgan fingerprint density at radius 2 is 1.83 bits per heavy atom. The first-order valence-corrected chi connectivity index (χ1v) is 7.26. The highest BCUT2D eigenvalue weighted by molar-refractivity contribution is 7.09. The molecule has 3 heteroatoms. The highest BCUT2D eigenvalue weighted by atomic mass is 32.1. The molecular weight excluding hydrogens is 240 g/mol. The SMILES string of the molecule is CC(C)Cc1csc(Cc2ccc(CN)cc2)n1. The van der Waals surface area contributed by atoms with Gasteiger partial charge in [-0.25, -0.2) is 4.98 Å². The Hall–Kier alpha value is -1.19. The van der Waals surface area contributed by atoms with Crippen LogP contribution >= 0.6 is 11.3 Å². The highest BCUT2D eigenvalue weighted by Crippen LogP contribution is 2.17. The van der Waals surface area contributed by atoms with Crippen molar-refractivity contribution in [2.75, 3.05) is 0 Å². The molecule has 0 saturated heterocycles. The van der Waals surface area contributed by atoms with E-state index in [1.807, 2.05) is 0 Å². The van der Waals surface area contributed by atoms with E-state index in [0.29, 0.717) is 12.5 Å². The van der Waals surface area contributed by atoms with Crippen LogP contribution in [0.5, 0.6) is 0 Å². The first-order valence-electron chi connectivity index (χ1n) is 6.38. The fourth-order valence-electron chi connectivity index (χ4n) is 1.91. The Kier molecular flexibility index (Phi) is 4.50. The van der Waals surface area contributed by atoms with Crippen LogP contribution in [0.15, 0.2) is 29.6 Å². The zero-order valence-corrected chi connectivity index (χ0v) is 11.8. The van der Waals surface area contributed by atoms with Gasteiger partial charge in [-0.1, -0.05) is 38.1 Å². The van der Waals surface area contributed by atoms with Crippen molar-refractivity contribution < 1.29 is 0 Å². The largest absolute Gasteiger partial charge is 0.326 e. The maximum Gasteiger partial charge on any atom is 0.0972 e. The predicted molar refractivity (Wildman–Crippen MR) is 77.8 cm³/mol. The molecule has 1 heterocycles. The van der Waals surface area contributed by atoms with Crippen LogP contribution in [0.25, 0.3) is 0 Å². The molecule has 0 bridgehead atoms. The van der Waals surface area contributed by atoms with Crippen LogP contribution in [0.1, 0.15) is 35.7 Å². The van der Waals surface area contributed by atoms with Crippen molar-refractivity contribution in [1.82, 2.24) is 4.98 Å². The summed E-state index contributed by atoms with van der Waals surface area (Å²) in [5, 5.41) is 3.38. The van der Waals surface area contributed by atoms with E-state index in [2.05, 4.69) is 48.5 Å². The van der Waals surface area contributed by atoms with Gasteiger partial charge in [0, 0.05) is 18.3 Å². The van der Waals surface area contributed by atoms with Gasteiger partial charge in [0.15, 0.2) is 0 Å². The van der Waals surface area contributed by atoms with E-state index in [4.69, 9.17) is 5.73 Å². The lowest BCUT2D eigenvalue weighted by atomic mass is 10.1. The topological polar surface area (TPSA) is 38.9 Å². The van der Waals surface area contributed by atoms with Gasteiger partial charge in [-0.2, -0.15) is 0 Å². The molecule has 0 aliphatic carbocycles. The zero-order valence-electron chi connectivity index (χ0n) is 11.0. The molecule has 0 radical (unpaired) electrons. The third-order valence-corrected chi connectivity index (χ3v) is 3.73. The van der Waals surface area contributed by atoms with Gasteiger partial charge < -0.3 is 5.73 Å². The number of hydrogen-bond acceptors (Lipinski definition) is 3. The van der Waals surface area contributed by atoms with Crippen LogP contribution in [0.2, 0.25) is 0 Å². The van der Waals surface area contributed by atoms with Gasteiger partial charge in [0.05, 0.1) is 10.7 Å². The molecule has 0 amide bonds. The van der Waals surface area contributed by atoms with E-state index in [0.717, 1.165) is 12.8 Å². The zero-order chi connectivity index (χ0) is 13.0. The lowest BCUT2D eigenvalue weighted by Gasteiger charge is -2.01. The van der Waals surface area contributed by atoms with Crippen LogP contribution in [0, 0.1) is 5.92 Å². The molecule has 0 unspecified atom stereocenters. The van der Waals surface area contributed by atoms with E-state index < -0.39 is 0 Å². The maximum atomic E-state index is 5.59. The standard InChI is InChI=1S/C15H20N2S/c1-11(2)7-14-10-18-15(17-14)8-12-3-5-13(9-16)6-4-12/h3-6,10-11H,7-9,16H2,1-2H3. The Balaban J connectivity index is 2.01. The van der Waals surface area contributed by atoms with Crippen molar-refractivity contribution in [3.05, 3.63) is 51.5 Å². The molecule has 0 atom stereocenters. The van der Waals surface area contributed by atoms with Crippen LogP contribution in [-0.2, 0) is 19.4 Å². The lowest BCUT2D eigenvalue weighted by Crippen LogP contribution is -1.97. The second kappa shape index (κ2) is 6.12. The fraction of sp³-hybridized carbons (Fsp3) is 0.400. The lowest BCUT2D eigenvalue weighted by molar-refractivity contribution is 0.637. The number of rotatable bonds is 5. The summed E-state index contributed by atoms with van der Waals surface area (Å²) < 4.78 is 0. The molecule has 96 valence electrons. The van der Waals surface area contributed by atoms with Gasteiger partial charge in [0.1, 0.15) is 0 Å². The van der Waals surface area contributed by atoms with E-state index in [-0.39, 0.29) is 0 Å². The Bertz CT molecular complexity index is 485. The minimum Gasteiger partial charge on any atom is -0.326 e. The summed E-state index contributed by atoms with van der Waals surface area (Å²) in [5.41, 5.74) is 9.30.